The van der Waals surface area contributed by atoms with Crippen LogP contribution in [0.4, 0.5) is 5.69 Å². The summed E-state index contributed by atoms with van der Waals surface area (Å²) in [5.41, 5.74) is 6.34. The third-order valence-corrected chi connectivity index (χ3v) is 6.66. The van der Waals surface area contributed by atoms with Gasteiger partial charge in [0, 0.05) is 27.8 Å². The van der Waals surface area contributed by atoms with Crippen LogP contribution in [0.15, 0.2) is 45.6 Å². The monoisotopic (exact) mass is 614 g/mol. The number of nitrogens with zero attached hydrogens (tertiary/aromatic N) is 3. The number of amides is 2. The molecule has 33 heavy (non-hydrogen) atoms. The van der Waals surface area contributed by atoms with E-state index >= 15 is 0 Å². The van der Waals surface area contributed by atoms with Crippen molar-refractivity contribution in [2.75, 3.05) is 5.32 Å². The summed E-state index contributed by atoms with van der Waals surface area (Å²) >= 11 is 19.1. The second kappa shape index (κ2) is 10.1. The van der Waals surface area contributed by atoms with E-state index in [4.69, 9.17) is 23.2 Å². The van der Waals surface area contributed by atoms with E-state index in [1.807, 2.05) is 6.92 Å². The number of hydrazine groups is 1. The number of aromatic nitrogens is 3. The highest BCUT2D eigenvalue weighted by Gasteiger charge is 2.28. The van der Waals surface area contributed by atoms with Crippen molar-refractivity contribution in [3.8, 4) is 5.82 Å². The standard InChI is InChI=1S/C21H18Br2Cl2N6O2/c1-10(11-4-5-11)28-29-20(32)13-7-12(24)8-14(22)18(13)27-21(33)16-9-17(23)30-31(16)19-15(25)3-2-6-26-19/h2-3,6-11,28H,4-5H2,1H3,(H,27,33)(H,29,32). The molecule has 1 atom stereocenters. The van der Waals surface area contributed by atoms with Crippen LogP contribution in [0.1, 0.15) is 40.6 Å². The smallest absolute Gasteiger partial charge is 0.274 e. The molecule has 12 heteroatoms. The molecule has 1 aliphatic rings. The molecule has 4 rings (SSSR count). The van der Waals surface area contributed by atoms with Gasteiger partial charge >= 0.3 is 0 Å². The number of rotatable bonds is 7. The van der Waals surface area contributed by atoms with Crippen LogP contribution >= 0.6 is 55.1 Å². The van der Waals surface area contributed by atoms with Gasteiger partial charge in [0.15, 0.2) is 5.82 Å². The van der Waals surface area contributed by atoms with Crippen molar-refractivity contribution < 1.29 is 9.59 Å². The molecule has 0 bridgehead atoms. The molecule has 1 unspecified atom stereocenters. The first-order valence-electron chi connectivity index (χ1n) is 9.97. The highest BCUT2D eigenvalue weighted by molar-refractivity contribution is 9.10. The fourth-order valence-corrected chi connectivity index (χ4v) is 4.71. The van der Waals surface area contributed by atoms with E-state index in [2.05, 4.69) is 58.1 Å². The second-order valence-corrected chi connectivity index (χ2v) is 10.1. The predicted molar refractivity (Wildman–Crippen MR) is 134 cm³/mol. The number of halogens is 4. The molecule has 0 spiro atoms. The summed E-state index contributed by atoms with van der Waals surface area (Å²) in [6, 6.07) is 8.08. The molecule has 1 saturated carbocycles. The first-order chi connectivity index (χ1) is 15.7. The normalized spacial score (nSPS) is 14.1. The minimum atomic E-state index is -0.522. The van der Waals surface area contributed by atoms with Gasteiger partial charge in [-0.1, -0.05) is 23.2 Å². The molecule has 1 fully saturated rings. The Kier molecular flexibility index (Phi) is 7.40. The van der Waals surface area contributed by atoms with Crippen molar-refractivity contribution in [1.29, 1.82) is 0 Å². The molecule has 3 aromatic rings. The zero-order chi connectivity index (χ0) is 23.7. The fraction of sp³-hybridized carbons (Fsp3) is 0.238. The Hall–Kier alpha value is -1.98. The lowest BCUT2D eigenvalue weighted by atomic mass is 10.1. The summed E-state index contributed by atoms with van der Waals surface area (Å²) < 4.78 is 2.19. The van der Waals surface area contributed by atoms with Gasteiger partial charge in [0.1, 0.15) is 10.3 Å². The zero-order valence-electron chi connectivity index (χ0n) is 17.2. The summed E-state index contributed by atoms with van der Waals surface area (Å²) in [6.07, 6.45) is 3.82. The first kappa shape index (κ1) is 24.2. The van der Waals surface area contributed by atoms with E-state index in [1.165, 1.54) is 16.8 Å². The first-order valence-corrected chi connectivity index (χ1v) is 12.3. The molecular formula is C21H18Br2Cl2N6O2. The topological polar surface area (TPSA) is 101 Å². The van der Waals surface area contributed by atoms with Crippen LogP contribution in [0.2, 0.25) is 10.0 Å². The van der Waals surface area contributed by atoms with E-state index in [1.54, 1.807) is 24.4 Å². The third-order valence-electron chi connectivity index (χ3n) is 5.13. The lowest BCUT2D eigenvalue weighted by Crippen LogP contribution is -2.44. The van der Waals surface area contributed by atoms with Gasteiger partial charge in [0.05, 0.1) is 16.3 Å². The minimum Gasteiger partial charge on any atom is -0.319 e. The molecule has 172 valence electrons. The van der Waals surface area contributed by atoms with E-state index in [0.29, 0.717) is 30.9 Å². The van der Waals surface area contributed by atoms with E-state index < -0.39 is 11.8 Å². The second-order valence-electron chi connectivity index (χ2n) is 7.56. The van der Waals surface area contributed by atoms with Crippen molar-refractivity contribution >= 4 is 72.6 Å². The molecular weight excluding hydrogens is 599 g/mol. The third kappa shape index (κ3) is 5.58. The number of pyridine rings is 1. The van der Waals surface area contributed by atoms with Crippen LogP contribution in [0, 0.1) is 5.92 Å². The van der Waals surface area contributed by atoms with Gasteiger partial charge in [-0.05, 0) is 81.8 Å². The molecule has 1 aliphatic carbocycles. The van der Waals surface area contributed by atoms with Crippen molar-refractivity contribution in [3.05, 3.63) is 66.9 Å². The summed E-state index contributed by atoms with van der Waals surface area (Å²) in [6.45, 7) is 2.01. The fourth-order valence-electron chi connectivity index (χ4n) is 3.23. The van der Waals surface area contributed by atoms with Crippen molar-refractivity contribution in [3.63, 3.8) is 0 Å². The molecule has 1 aromatic carbocycles. The molecule has 0 aliphatic heterocycles. The van der Waals surface area contributed by atoms with Gasteiger partial charge in [0.25, 0.3) is 11.8 Å². The lowest BCUT2D eigenvalue weighted by molar-refractivity contribution is 0.0925. The Morgan fingerprint density at radius 2 is 1.94 bits per heavy atom. The van der Waals surface area contributed by atoms with Crippen LogP contribution in [-0.4, -0.2) is 32.6 Å². The molecule has 0 radical (unpaired) electrons. The Bertz CT molecular complexity index is 1230. The van der Waals surface area contributed by atoms with Gasteiger partial charge in [-0.3, -0.25) is 15.0 Å². The summed E-state index contributed by atoms with van der Waals surface area (Å²) in [7, 11) is 0. The van der Waals surface area contributed by atoms with Gasteiger partial charge in [-0.2, -0.15) is 5.10 Å². The van der Waals surface area contributed by atoms with Crippen molar-refractivity contribution in [2.45, 2.75) is 25.8 Å². The van der Waals surface area contributed by atoms with Gasteiger partial charge in [-0.25, -0.2) is 15.1 Å². The van der Waals surface area contributed by atoms with E-state index in [9.17, 15) is 9.59 Å². The summed E-state index contributed by atoms with van der Waals surface area (Å²) in [4.78, 5) is 30.4. The number of carbonyl (C=O) groups is 2. The molecule has 8 nitrogen and oxygen atoms in total. The Morgan fingerprint density at radius 3 is 2.64 bits per heavy atom. The molecule has 2 amide bonds. The average Bonchev–Trinajstić information content (AvgIpc) is 3.55. The maximum absolute atomic E-state index is 13.2. The quantitative estimate of drug-likeness (QED) is 0.309. The number of nitrogens with one attached hydrogen (secondary N) is 3. The molecule has 0 saturated heterocycles. The predicted octanol–water partition coefficient (Wildman–Crippen LogP) is 5.38. The average molecular weight is 617 g/mol. The maximum Gasteiger partial charge on any atom is 0.274 e. The Labute approximate surface area is 216 Å². The van der Waals surface area contributed by atoms with Crippen molar-refractivity contribution in [2.24, 2.45) is 5.92 Å². The van der Waals surface area contributed by atoms with E-state index in [-0.39, 0.29) is 23.0 Å². The number of hydrogen-bond donors (Lipinski definition) is 3. The maximum atomic E-state index is 13.2. The minimum absolute atomic E-state index is 0.143. The Morgan fingerprint density at radius 1 is 1.18 bits per heavy atom. The molecule has 2 aromatic heterocycles. The summed E-state index contributed by atoms with van der Waals surface area (Å²) in [5, 5.41) is 7.72. The van der Waals surface area contributed by atoms with Crippen LogP contribution in [0.5, 0.6) is 0 Å². The summed E-state index contributed by atoms with van der Waals surface area (Å²) in [5.74, 6) is -0.107. The highest BCUT2D eigenvalue weighted by atomic mass is 79.9. The van der Waals surface area contributed by atoms with E-state index in [0.717, 1.165) is 12.8 Å². The SMILES string of the molecule is CC(NNC(=O)c1cc(Cl)cc(Br)c1NC(=O)c1cc(Br)nn1-c1ncccc1Cl)C1CC1. The van der Waals surface area contributed by atoms with Crippen molar-refractivity contribution in [1.82, 2.24) is 25.6 Å². The number of hydrogen-bond acceptors (Lipinski definition) is 5. The van der Waals surface area contributed by atoms with Crippen LogP contribution < -0.4 is 16.2 Å². The largest absolute Gasteiger partial charge is 0.319 e. The molecule has 3 N–H and O–H groups in total. The van der Waals surface area contributed by atoms with Crippen LogP contribution in [-0.2, 0) is 0 Å². The van der Waals surface area contributed by atoms with Crippen LogP contribution in [0.3, 0.4) is 0 Å². The number of carbonyl (C=O) groups excluding carboxylic acids is 2. The highest BCUT2D eigenvalue weighted by Crippen LogP contribution is 2.33. The van der Waals surface area contributed by atoms with Gasteiger partial charge in [0.2, 0.25) is 0 Å². The Balaban J connectivity index is 1.62. The number of benzene rings is 1. The lowest BCUT2D eigenvalue weighted by Gasteiger charge is -2.17. The van der Waals surface area contributed by atoms with Gasteiger partial charge in [-0.15, -0.1) is 0 Å². The van der Waals surface area contributed by atoms with Crippen LogP contribution in [0.25, 0.3) is 5.82 Å². The van der Waals surface area contributed by atoms with Gasteiger partial charge < -0.3 is 5.32 Å². The zero-order valence-corrected chi connectivity index (χ0v) is 21.9. The number of anilines is 1. The molecule has 2 heterocycles.